The van der Waals surface area contributed by atoms with Gasteiger partial charge in [0.15, 0.2) is 0 Å². The van der Waals surface area contributed by atoms with Crippen molar-refractivity contribution in [3.63, 3.8) is 0 Å². The predicted molar refractivity (Wildman–Crippen MR) is 69.0 cm³/mol. The molecule has 0 spiro atoms. The van der Waals surface area contributed by atoms with Crippen LogP contribution in [0, 0.1) is 23.7 Å². The second-order valence-corrected chi connectivity index (χ2v) is 5.57. The number of rotatable bonds is 5. The van der Waals surface area contributed by atoms with E-state index in [1.807, 2.05) is 0 Å². The topological polar surface area (TPSA) is 0 Å². The molecule has 0 aromatic carbocycles. The molecule has 0 aliphatic heterocycles. The van der Waals surface area contributed by atoms with Gasteiger partial charge in [0.1, 0.15) is 0 Å². The van der Waals surface area contributed by atoms with Crippen molar-refractivity contribution in [2.45, 2.75) is 72.6 Å². The molecule has 0 saturated heterocycles. The molecule has 4 atom stereocenters. The smallest absolute Gasteiger partial charge is 0.0355 e. The fourth-order valence-electron chi connectivity index (χ4n) is 3.74. The summed E-state index contributed by atoms with van der Waals surface area (Å²) in [5.74, 6) is 4.02. The van der Waals surface area contributed by atoms with Gasteiger partial charge in [0, 0.05) is 0 Å². The first-order valence-electron chi connectivity index (χ1n) is 7.24. The Morgan fingerprint density at radius 2 is 1.67 bits per heavy atom. The Balaban J connectivity index is 2.63. The van der Waals surface area contributed by atoms with Crippen LogP contribution in [0.4, 0.5) is 0 Å². The van der Waals surface area contributed by atoms with Crippen molar-refractivity contribution in [2.24, 2.45) is 23.7 Å². The molecular weight excluding hydrogens is 180 g/mol. The zero-order chi connectivity index (χ0) is 11.3. The summed E-state index contributed by atoms with van der Waals surface area (Å²) in [5, 5.41) is 0. The highest BCUT2D eigenvalue weighted by Crippen LogP contribution is 2.41. The van der Waals surface area contributed by atoms with Crippen LogP contribution in [-0.2, 0) is 0 Å². The first kappa shape index (κ1) is 13.1. The Bertz CT molecular complexity index is 161. The van der Waals surface area contributed by atoms with Crippen LogP contribution in [0.5, 0.6) is 0 Å². The van der Waals surface area contributed by atoms with E-state index in [-0.39, 0.29) is 0 Å². The van der Waals surface area contributed by atoms with Gasteiger partial charge in [0.25, 0.3) is 0 Å². The van der Waals surface area contributed by atoms with Gasteiger partial charge in [0.05, 0.1) is 0 Å². The Hall–Kier alpha value is 0. The Morgan fingerprint density at radius 1 is 1.00 bits per heavy atom. The lowest BCUT2D eigenvalue weighted by Crippen LogP contribution is -2.30. The molecule has 0 nitrogen and oxygen atoms in total. The van der Waals surface area contributed by atoms with Gasteiger partial charge in [-0.05, 0) is 30.1 Å². The Kier molecular flexibility index (Phi) is 5.71. The molecule has 0 heteroatoms. The average Bonchev–Trinajstić information content (AvgIpc) is 2.30. The summed E-state index contributed by atoms with van der Waals surface area (Å²) >= 11 is 0. The van der Waals surface area contributed by atoms with E-state index in [2.05, 4.69) is 27.7 Å². The third-order valence-corrected chi connectivity index (χ3v) is 4.89. The van der Waals surface area contributed by atoms with Gasteiger partial charge in [-0.15, -0.1) is 0 Å². The fourth-order valence-corrected chi connectivity index (χ4v) is 3.74. The minimum absolute atomic E-state index is 0.937. The zero-order valence-corrected chi connectivity index (χ0v) is 11.3. The lowest BCUT2D eigenvalue weighted by Gasteiger charge is -2.39. The van der Waals surface area contributed by atoms with E-state index >= 15 is 0 Å². The summed E-state index contributed by atoms with van der Waals surface area (Å²) < 4.78 is 0. The van der Waals surface area contributed by atoms with E-state index < -0.39 is 0 Å². The van der Waals surface area contributed by atoms with E-state index in [0.717, 1.165) is 23.7 Å². The molecule has 0 amide bonds. The van der Waals surface area contributed by atoms with Gasteiger partial charge >= 0.3 is 0 Å². The molecule has 1 aliphatic rings. The molecule has 0 aromatic heterocycles. The van der Waals surface area contributed by atoms with E-state index in [0.29, 0.717) is 0 Å². The van der Waals surface area contributed by atoms with Crippen molar-refractivity contribution in [3.05, 3.63) is 0 Å². The van der Waals surface area contributed by atoms with Crippen molar-refractivity contribution in [2.75, 3.05) is 0 Å². The van der Waals surface area contributed by atoms with Crippen LogP contribution in [0.25, 0.3) is 0 Å². The summed E-state index contributed by atoms with van der Waals surface area (Å²) in [6.45, 7) is 9.62. The maximum absolute atomic E-state index is 2.47. The molecule has 0 bridgehead atoms. The minimum atomic E-state index is 0.937. The Labute approximate surface area is 96.8 Å². The van der Waals surface area contributed by atoms with Crippen LogP contribution in [-0.4, -0.2) is 0 Å². The Morgan fingerprint density at radius 3 is 2.20 bits per heavy atom. The van der Waals surface area contributed by atoms with Crippen molar-refractivity contribution >= 4 is 0 Å². The van der Waals surface area contributed by atoms with Crippen molar-refractivity contribution in [1.82, 2.24) is 0 Å². The summed E-state index contributed by atoms with van der Waals surface area (Å²) in [5.41, 5.74) is 0. The highest BCUT2D eigenvalue weighted by molar-refractivity contribution is 4.82. The molecule has 90 valence electrons. The first-order valence-corrected chi connectivity index (χ1v) is 7.24. The van der Waals surface area contributed by atoms with E-state index in [1.165, 1.54) is 44.9 Å². The van der Waals surface area contributed by atoms with E-state index in [1.54, 1.807) is 0 Å². The lowest BCUT2D eigenvalue weighted by molar-refractivity contribution is 0.111. The quantitative estimate of drug-likeness (QED) is 0.579. The highest BCUT2D eigenvalue weighted by Gasteiger charge is 2.31. The van der Waals surface area contributed by atoms with Crippen LogP contribution < -0.4 is 0 Å². The second kappa shape index (κ2) is 6.55. The third kappa shape index (κ3) is 3.23. The second-order valence-electron chi connectivity index (χ2n) is 5.57. The molecule has 0 aromatic rings. The van der Waals surface area contributed by atoms with Crippen molar-refractivity contribution in [3.8, 4) is 0 Å². The predicted octanol–water partition coefficient (Wildman–Crippen LogP) is 5.28. The van der Waals surface area contributed by atoms with Crippen LogP contribution in [0.2, 0.25) is 0 Å². The normalized spacial score (nSPS) is 31.2. The summed E-state index contributed by atoms with van der Waals surface area (Å²) in [7, 11) is 0. The highest BCUT2D eigenvalue weighted by atomic mass is 14.4. The van der Waals surface area contributed by atoms with Gasteiger partial charge in [-0.2, -0.15) is 0 Å². The first-order chi connectivity index (χ1) is 7.24. The van der Waals surface area contributed by atoms with Gasteiger partial charge in [0.2, 0.25) is 0 Å². The SMILES string of the molecule is CCC(C)C(CC)C1CCCCC1CC. The van der Waals surface area contributed by atoms with Gasteiger partial charge < -0.3 is 0 Å². The van der Waals surface area contributed by atoms with Crippen LogP contribution in [0.3, 0.4) is 0 Å². The zero-order valence-electron chi connectivity index (χ0n) is 11.3. The van der Waals surface area contributed by atoms with Crippen LogP contribution >= 0.6 is 0 Å². The molecule has 15 heavy (non-hydrogen) atoms. The summed E-state index contributed by atoms with van der Waals surface area (Å²) in [4.78, 5) is 0. The van der Waals surface area contributed by atoms with Gasteiger partial charge in [-0.3, -0.25) is 0 Å². The molecule has 1 fully saturated rings. The molecule has 1 rings (SSSR count). The summed E-state index contributed by atoms with van der Waals surface area (Å²) in [6, 6.07) is 0. The molecular formula is C15H30. The average molecular weight is 210 g/mol. The lowest BCUT2D eigenvalue weighted by atomic mass is 9.66. The van der Waals surface area contributed by atoms with Crippen LogP contribution in [0.1, 0.15) is 72.6 Å². The largest absolute Gasteiger partial charge is 0.0651 e. The maximum Gasteiger partial charge on any atom is -0.0355 e. The number of hydrogen-bond donors (Lipinski definition) is 0. The van der Waals surface area contributed by atoms with Gasteiger partial charge in [-0.25, -0.2) is 0 Å². The van der Waals surface area contributed by atoms with Crippen LogP contribution in [0.15, 0.2) is 0 Å². The monoisotopic (exact) mass is 210 g/mol. The van der Waals surface area contributed by atoms with Crippen molar-refractivity contribution in [1.29, 1.82) is 0 Å². The minimum Gasteiger partial charge on any atom is -0.0651 e. The summed E-state index contributed by atoms with van der Waals surface area (Å²) in [6.07, 6.45) is 10.2. The maximum atomic E-state index is 2.47. The van der Waals surface area contributed by atoms with Crippen molar-refractivity contribution < 1.29 is 0 Å². The molecule has 1 aliphatic carbocycles. The van der Waals surface area contributed by atoms with E-state index in [4.69, 9.17) is 0 Å². The molecule has 4 unspecified atom stereocenters. The van der Waals surface area contributed by atoms with E-state index in [9.17, 15) is 0 Å². The molecule has 1 saturated carbocycles. The standard InChI is InChI=1S/C15H30/c1-5-12(4)14(7-3)15-11-9-8-10-13(15)6-2/h12-15H,5-11H2,1-4H3. The fraction of sp³-hybridized carbons (Fsp3) is 1.00. The third-order valence-electron chi connectivity index (χ3n) is 4.89. The van der Waals surface area contributed by atoms with Gasteiger partial charge in [-0.1, -0.05) is 66.2 Å². The number of hydrogen-bond acceptors (Lipinski definition) is 0. The molecule has 0 heterocycles. The molecule has 0 radical (unpaired) electrons. The molecule has 0 N–H and O–H groups in total.